The van der Waals surface area contributed by atoms with Crippen molar-refractivity contribution in [3.8, 4) is 11.1 Å². The average molecular weight is 655 g/mol. The topological polar surface area (TPSA) is 125 Å². The summed E-state index contributed by atoms with van der Waals surface area (Å²) in [4.78, 5) is 28.9. The third-order valence-electron chi connectivity index (χ3n) is 6.83. The number of methoxy groups -OCH3 is 2. The first-order valence-corrected chi connectivity index (χ1v) is 14.5. The molecular formula is C34H32BBrN2O6. The molecule has 0 spiro atoms. The van der Waals surface area contributed by atoms with Gasteiger partial charge in [0, 0.05) is 38.7 Å². The van der Waals surface area contributed by atoms with Crippen LogP contribution in [0, 0.1) is 0 Å². The second-order valence-electron chi connectivity index (χ2n) is 9.73. The third-order valence-corrected chi connectivity index (χ3v) is 7.32. The highest BCUT2D eigenvalue weighted by atomic mass is 79.9. The van der Waals surface area contributed by atoms with Crippen molar-refractivity contribution >= 4 is 62.3 Å². The van der Waals surface area contributed by atoms with Gasteiger partial charge in [-0.3, -0.25) is 9.59 Å². The first-order valence-electron chi connectivity index (χ1n) is 13.7. The molecule has 0 saturated heterocycles. The number of carbonyl (C=O) groups excluding carboxylic acids is 2. The Morgan fingerprint density at radius 2 is 1.18 bits per heavy atom. The Kier molecular flexibility index (Phi) is 11.5. The normalized spacial score (nSPS) is 10.3. The smallest absolute Gasteiger partial charge is 0.469 e. The number of fused-ring (bicyclic) bond motifs is 2. The molecule has 4 aromatic carbocycles. The summed E-state index contributed by atoms with van der Waals surface area (Å²) in [7, 11) is 1.46. The van der Waals surface area contributed by atoms with E-state index in [2.05, 4.69) is 54.9 Å². The number of carbonyl (C=O) groups is 2. The van der Waals surface area contributed by atoms with E-state index in [4.69, 9.17) is 14.8 Å². The zero-order chi connectivity index (χ0) is 31.5. The number of aromatic amines is 2. The zero-order valence-electron chi connectivity index (χ0n) is 24.3. The van der Waals surface area contributed by atoms with E-state index in [0.717, 1.165) is 43.0 Å². The van der Waals surface area contributed by atoms with Crippen LogP contribution in [0.1, 0.15) is 11.1 Å². The van der Waals surface area contributed by atoms with Crippen molar-refractivity contribution in [1.82, 2.24) is 9.97 Å². The lowest BCUT2D eigenvalue weighted by Crippen LogP contribution is -2.29. The Hall–Kier alpha value is -4.64. The van der Waals surface area contributed by atoms with Gasteiger partial charge in [0.25, 0.3) is 0 Å². The molecule has 8 nitrogen and oxygen atoms in total. The van der Waals surface area contributed by atoms with Crippen LogP contribution in [-0.4, -0.2) is 53.3 Å². The highest BCUT2D eigenvalue weighted by Gasteiger charge is 2.11. The highest BCUT2D eigenvalue weighted by Crippen LogP contribution is 2.27. The standard InChI is InChI=1S/C17H15NO2.C11H10BrNO2.C6H7BO2/c1-20-17(19)10-14-11-18-16-8-7-13(9-15(14)16)12-5-3-2-4-6-12;1-15-11(14)4-7-6-13-10-3-2-8(12)5-9(7)10;8-7(9)6-4-2-1-3-5-6/h2-9,11,18H,10H2,1H3;2-3,5-6,13H,4H2,1H3;1-5,8-9H. The summed E-state index contributed by atoms with van der Waals surface area (Å²) in [6.07, 6.45) is 4.30. The number of nitrogens with one attached hydrogen (secondary N) is 2. The molecule has 4 N–H and O–H groups in total. The molecule has 0 unspecified atom stereocenters. The number of aromatic nitrogens is 2. The third kappa shape index (κ3) is 8.70. The van der Waals surface area contributed by atoms with Crippen molar-refractivity contribution < 1.29 is 29.1 Å². The molecule has 0 saturated carbocycles. The number of hydrogen-bond donors (Lipinski definition) is 4. The summed E-state index contributed by atoms with van der Waals surface area (Å²) in [5.74, 6) is -0.452. The molecule has 6 aromatic rings. The van der Waals surface area contributed by atoms with Gasteiger partial charge in [-0.15, -0.1) is 0 Å². The van der Waals surface area contributed by atoms with E-state index in [9.17, 15) is 9.59 Å². The number of esters is 2. The first kappa shape index (κ1) is 32.3. The summed E-state index contributed by atoms with van der Waals surface area (Å²) < 4.78 is 10.4. The van der Waals surface area contributed by atoms with Crippen LogP contribution in [0.3, 0.4) is 0 Å². The van der Waals surface area contributed by atoms with Crippen LogP contribution in [0.4, 0.5) is 0 Å². The quantitative estimate of drug-likeness (QED) is 0.138. The lowest BCUT2D eigenvalue weighted by molar-refractivity contribution is -0.140. The largest absolute Gasteiger partial charge is 0.488 e. The van der Waals surface area contributed by atoms with Gasteiger partial charge in [-0.05, 0) is 58.0 Å². The lowest BCUT2D eigenvalue weighted by atomic mass is 9.81. The molecule has 6 rings (SSSR count). The Morgan fingerprint density at radius 1 is 0.682 bits per heavy atom. The molecule has 2 heterocycles. The van der Waals surface area contributed by atoms with E-state index < -0.39 is 7.12 Å². The highest BCUT2D eigenvalue weighted by molar-refractivity contribution is 9.10. The molecule has 0 aliphatic carbocycles. The average Bonchev–Trinajstić information content (AvgIpc) is 3.65. The minimum Gasteiger partial charge on any atom is -0.469 e. The van der Waals surface area contributed by atoms with Crippen molar-refractivity contribution in [2.75, 3.05) is 14.2 Å². The van der Waals surface area contributed by atoms with Crippen molar-refractivity contribution in [3.05, 3.63) is 125 Å². The van der Waals surface area contributed by atoms with E-state index in [0.29, 0.717) is 11.9 Å². The van der Waals surface area contributed by atoms with Crippen LogP contribution in [0.2, 0.25) is 0 Å². The summed E-state index contributed by atoms with van der Waals surface area (Å²) in [6, 6.07) is 31.0. The second kappa shape index (κ2) is 15.7. The van der Waals surface area contributed by atoms with E-state index in [1.54, 1.807) is 24.3 Å². The van der Waals surface area contributed by atoms with E-state index in [1.807, 2.05) is 60.9 Å². The summed E-state index contributed by atoms with van der Waals surface area (Å²) in [5.41, 5.74) is 6.81. The molecule has 0 fully saturated rings. The molecule has 2 aromatic heterocycles. The molecule has 0 amide bonds. The van der Waals surface area contributed by atoms with E-state index in [1.165, 1.54) is 19.8 Å². The zero-order valence-corrected chi connectivity index (χ0v) is 25.9. The van der Waals surface area contributed by atoms with Gasteiger partial charge in [0.2, 0.25) is 0 Å². The van der Waals surface area contributed by atoms with Crippen molar-refractivity contribution in [1.29, 1.82) is 0 Å². The van der Waals surface area contributed by atoms with Crippen LogP contribution >= 0.6 is 15.9 Å². The molecule has 0 aliphatic rings. The molecule has 0 atom stereocenters. The Labute approximate surface area is 263 Å². The minimum absolute atomic E-state index is 0.226. The molecule has 10 heteroatoms. The number of H-pyrrole nitrogens is 2. The molecule has 0 bridgehead atoms. The fraction of sp³-hybridized carbons (Fsp3) is 0.118. The Bertz CT molecular complexity index is 1820. The van der Waals surface area contributed by atoms with Crippen LogP contribution in [0.5, 0.6) is 0 Å². The fourth-order valence-electron chi connectivity index (χ4n) is 4.51. The minimum atomic E-state index is -1.34. The van der Waals surface area contributed by atoms with Gasteiger partial charge >= 0.3 is 19.1 Å². The van der Waals surface area contributed by atoms with Gasteiger partial charge in [-0.2, -0.15) is 0 Å². The van der Waals surface area contributed by atoms with E-state index >= 15 is 0 Å². The van der Waals surface area contributed by atoms with Gasteiger partial charge < -0.3 is 29.5 Å². The first-order chi connectivity index (χ1) is 21.3. The maximum atomic E-state index is 11.4. The summed E-state index contributed by atoms with van der Waals surface area (Å²) >= 11 is 3.40. The van der Waals surface area contributed by atoms with Crippen LogP contribution in [0.25, 0.3) is 32.9 Å². The summed E-state index contributed by atoms with van der Waals surface area (Å²) in [5, 5.41) is 19.3. The number of hydrogen-bond acceptors (Lipinski definition) is 6. The van der Waals surface area contributed by atoms with Crippen LogP contribution in [-0.2, 0) is 31.9 Å². The van der Waals surface area contributed by atoms with Crippen LogP contribution in [0.15, 0.2) is 114 Å². The van der Waals surface area contributed by atoms with Gasteiger partial charge in [0.15, 0.2) is 0 Å². The maximum absolute atomic E-state index is 11.4. The van der Waals surface area contributed by atoms with Crippen LogP contribution < -0.4 is 5.46 Å². The lowest BCUT2D eigenvalue weighted by Gasteiger charge is -2.03. The monoisotopic (exact) mass is 654 g/mol. The van der Waals surface area contributed by atoms with Crippen molar-refractivity contribution in [2.45, 2.75) is 12.8 Å². The molecular weight excluding hydrogens is 623 g/mol. The number of halogens is 1. The second-order valence-corrected chi connectivity index (χ2v) is 10.6. The Morgan fingerprint density at radius 3 is 1.68 bits per heavy atom. The molecule has 0 aliphatic heterocycles. The van der Waals surface area contributed by atoms with Gasteiger partial charge in [0.1, 0.15) is 0 Å². The fourth-order valence-corrected chi connectivity index (χ4v) is 4.87. The molecule has 0 radical (unpaired) electrons. The predicted molar refractivity (Wildman–Crippen MR) is 177 cm³/mol. The van der Waals surface area contributed by atoms with Crippen molar-refractivity contribution in [2.24, 2.45) is 0 Å². The SMILES string of the molecule is COC(=O)Cc1c[nH]c2ccc(-c3ccccc3)cc12.COC(=O)Cc1c[nH]c2ccc(Br)cc12.OB(O)c1ccccc1. The van der Waals surface area contributed by atoms with Gasteiger partial charge in [-0.1, -0.05) is 82.7 Å². The maximum Gasteiger partial charge on any atom is 0.488 e. The van der Waals surface area contributed by atoms with Gasteiger partial charge in [-0.25, -0.2) is 0 Å². The summed E-state index contributed by atoms with van der Waals surface area (Å²) in [6.45, 7) is 0. The molecule has 224 valence electrons. The van der Waals surface area contributed by atoms with Gasteiger partial charge in [0.05, 0.1) is 27.1 Å². The van der Waals surface area contributed by atoms with Crippen molar-refractivity contribution in [3.63, 3.8) is 0 Å². The number of rotatable bonds is 6. The predicted octanol–water partition coefficient (Wildman–Crippen LogP) is 5.56. The number of ether oxygens (including phenoxy) is 2. The number of benzene rings is 4. The van der Waals surface area contributed by atoms with E-state index in [-0.39, 0.29) is 18.4 Å². The Balaban J connectivity index is 0.000000162. The molecule has 44 heavy (non-hydrogen) atoms.